The van der Waals surface area contributed by atoms with E-state index in [0.29, 0.717) is 23.0 Å². The van der Waals surface area contributed by atoms with Gasteiger partial charge >= 0.3 is 0 Å². The van der Waals surface area contributed by atoms with Crippen molar-refractivity contribution in [2.24, 2.45) is 5.92 Å². The minimum Gasteiger partial charge on any atom is -0.373 e. The predicted molar refractivity (Wildman–Crippen MR) is 108 cm³/mol. The topological polar surface area (TPSA) is 87.3 Å². The first-order valence-corrected chi connectivity index (χ1v) is 10.5. The van der Waals surface area contributed by atoms with Crippen molar-refractivity contribution >= 4 is 5.91 Å². The number of rotatable bonds is 5. The number of hydrogen-bond acceptors (Lipinski definition) is 5. The zero-order valence-electron chi connectivity index (χ0n) is 17.6. The van der Waals surface area contributed by atoms with E-state index in [0.717, 1.165) is 38.9 Å². The third-order valence-corrected chi connectivity index (χ3v) is 5.84. The highest BCUT2D eigenvalue weighted by molar-refractivity contribution is 5.79. The minimum atomic E-state index is -0.211. The van der Waals surface area contributed by atoms with Gasteiger partial charge in [0.15, 0.2) is 0 Å². The molecule has 0 unspecified atom stereocenters. The van der Waals surface area contributed by atoms with Gasteiger partial charge in [-0.1, -0.05) is 6.42 Å². The normalized spacial score (nSPS) is 28.9. The highest BCUT2D eigenvalue weighted by Crippen LogP contribution is 2.26. The molecule has 1 aliphatic heterocycles. The number of ether oxygens (including phenoxy) is 1. The molecule has 1 aromatic rings. The van der Waals surface area contributed by atoms with Crippen molar-refractivity contribution in [1.82, 2.24) is 20.2 Å². The third-order valence-electron chi connectivity index (χ3n) is 5.84. The van der Waals surface area contributed by atoms with E-state index in [1.165, 1.54) is 6.42 Å². The van der Waals surface area contributed by atoms with Crippen LogP contribution in [0.1, 0.15) is 56.6 Å². The molecule has 0 spiro atoms. The molecule has 2 fully saturated rings. The Morgan fingerprint density at radius 1 is 1.25 bits per heavy atom. The molecule has 0 radical (unpaired) electrons. The van der Waals surface area contributed by atoms with Gasteiger partial charge < -0.3 is 15.0 Å². The van der Waals surface area contributed by atoms with Crippen LogP contribution < -0.4 is 10.9 Å². The molecule has 4 atom stereocenters. The summed E-state index contributed by atoms with van der Waals surface area (Å²) in [5.41, 5.74) is 0.887. The molecular formula is C21H34N4O3. The fourth-order valence-electron chi connectivity index (χ4n) is 4.79. The molecule has 2 heterocycles. The molecule has 0 aromatic carbocycles. The van der Waals surface area contributed by atoms with Gasteiger partial charge in [0.25, 0.3) is 5.56 Å². The minimum absolute atomic E-state index is 0.0847. The maximum Gasteiger partial charge on any atom is 0.254 e. The molecule has 7 heteroatoms. The molecule has 1 aromatic heterocycles. The van der Waals surface area contributed by atoms with Gasteiger partial charge in [-0.2, -0.15) is 0 Å². The highest BCUT2D eigenvalue weighted by atomic mass is 16.5. The van der Waals surface area contributed by atoms with Crippen LogP contribution in [0.15, 0.2) is 4.79 Å². The van der Waals surface area contributed by atoms with Crippen LogP contribution in [0.25, 0.3) is 0 Å². The summed E-state index contributed by atoms with van der Waals surface area (Å²) in [5.74, 6) is 1.09. The molecular weight excluding hydrogens is 356 g/mol. The molecule has 1 amide bonds. The Morgan fingerprint density at radius 3 is 2.64 bits per heavy atom. The lowest BCUT2D eigenvalue weighted by Crippen LogP contribution is -2.48. The van der Waals surface area contributed by atoms with Crippen LogP contribution in [0.3, 0.4) is 0 Å². The van der Waals surface area contributed by atoms with Crippen molar-refractivity contribution in [3.8, 4) is 0 Å². The summed E-state index contributed by atoms with van der Waals surface area (Å²) in [6.07, 6.45) is 5.03. The number of carbonyl (C=O) groups is 1. The van der Waals surface area contributed by atoms with Gasteiger partial charge in [0, 0.05) is 36.9 Å². The van der Waals surface area contributed by atoms with Crippen molar-refractivity contribution in [3.05, 3.63) is 27.4 Å². The van der Waals surface area contributed by atoms with Gasteiger partial charge in [-0.15, -0.1) is 0 Å². The summed E-state index contributed by atoms with van der Waals surface area (Å²) in [6, 6.07) is 0.194. The molecule has 0 bridgehead atoms. The third kappa shape index (κ3) is 5.64. The van der Waals surface area contributed by atoms with Crippen LogP contribution in [0.4, 0.5) is 0 Å². The first kappa shape index (κ1) is 21.0. The number of nitrogens with zero attached hydrogens (tertiary/aromatic N) is 2. The number of nitrogens with one attached hydrogen (secondary N) is 2. The summed E-state index contributed by atoms with van der Waals surface area (Å²) >= 11 is 0. The Kier molecular flexibility index (Phi) is 6.88. The van der Waals surface area contributed by atoms with E-state index in [9.17, 15) is 9.59 Å². The molecule has 28 heavy (non-hydrogen) atoms. The molecule has 3 rings (SSSR count). The van der Waals surface area contributed by atoms with Crippen LogP contribution in [0.5, 0.6) is 0 Å². The van der Waals surface area contributed by atoms with E-state index in [1.807, 2.05) is 0 Å². The lowest BCUT2D eigenvalue weighted by molar-refractivity contribution is -0.121. The Morgan fingerprint density at radius 2 is 1.96 bits per heavy atom. The highest BCUT2D eigenvalue weighted by Gasteiger charge is 2.28. The number of aromatic nitrogens is 2. The summed E-state index contributed by atoms with van der Waals surface area (Å²) in [7, 11) is 0. The van der Waals surface area contributed by atoms with Gasteiger partial charge in [0.05, 0.1) is 18.6 Å². The first-order valence-electron chi connectivity index (χ1n) is 10.5. The molecule has 1 saturated carbocycles. The van der Waals surface area contributed by atoms with Crippen molar-refractivity contribution in [1.29, 1.82) is 0 Å². The molecule has 156 valence electrons. The molecule has 7 nitrogen and oxygen atoms in total. The number of H-pyrrole nitrogens is 1. The Bertz CT molecular complexity index is 738. The van der Waals surface area contributed by atoms with Crippen LogP contribution in [0.2, 0.25) is 0 Å². The van der Waals surface area contributed by atoms with E-state index in [4.69, 9.17) is 4.74 Å². The van der Waals surface area contributed by atoms with Crippen molar-refractivity contribution in [2.45, 2.75) is 78.0 Å². The largest absolute Gasteiger partial charge is 0.373 e. The summed E-state index contributed by atoms with van der Waals surface area (Å²) in [6.45, 7) is 10.8. The van der Waals surface area contributed by atoms with Gasteiger partial charge in [0.1, 0.15) is 5.82 Å². The van der Waals surface area contributed by atoms with E-state index in [1.54, 1.807) is 13.8 Å². The molecule has 1 aliphatic carbocycles. The quantitative estimate of drug-likeness (QED) is 0.799. The number of amides is 1. The molecule has 2 aliphatic rings. The van der Waals surface area contributed by atoms with Crippen molar-refractivity contribution < 1.29 is 9.53 Å². The van der Waals surface area contributed by atoms with Crippen LogP contribution in [-0.2, 0) is 16.0 Å². The Hall–Kier alpha value is -1.73. The second-order valence-corrected chi connectivity index (χ2v) is 8.67. The number of aryl methyl sites for hydroxylation is 2. The van der Waals surface area contributed by atoms with E-state index < -0.39 is 0 Å². The van der Waals surface area contributed by atoms with Crippen molar-refractivity contribution in [2.75, 3.05) is 19.6 Å². The van der Waals surface area contributed by atoms with Gasteiger partial charge in [-0.3, -0.25) is 14.5 Å². The van der Waals surface area contributed by atoms with Gasteiger partial charge in [-0.05, 0) is 52.9 Å². The Labute approximate surface area is 167 Å². The average Bonchev–Trinajstić information content (AvgIpc) is 2.57. The number of carbonyl (C=O) groups excluding carboxylic acids is 1. The average molecular weight is 391 g/mol. The summed E-state index contributed by atoms with van der Waals surface area (Å²) < 4.78 is 5.83. The lowest BCUT2D eigenvalue weighted by atomic mass is 9.85. The SMILES string of the molecule is Cc1nc(C)c(CC(=O)N[C@@H]2CCC[C@@H](CN3C[C@@H](C)O[C@@H](C)C3)C2)c(=O)[nH]1. The molecule has 2 N–H and O–H groups in total. The second kappa shape index (κ2) is 9.18. The number of aromatic amines is 1. The maximum absolute atomic E-state index is 12.5. The second-order valence-electron chi connectivity index (χ2n) is 8.67. The fourth-order valence-corrected chi connectivity index (χ4v) is 4.79. The monoisotopic (exact) mass is 390 g/mol. The fraction of sp³-hybridized carbons (Fsp3) is 0.762. The lowest BCUT2D eigenvalue weighted by Gasteiger charge is -2.39. The zero-order valence-corrected chi connectivity index (χ0v) is 17.6. The van der Waals surface area contributed by atoms with E-state index in [-0.39, 0.29) is 36.1 Å². The zero-order chi connectivity index (χ0) is 20.3. The maximum atomic E-state index is 12.5. The standard InChI is InChI=1S/C21H34N4O3/c1-13-10-25(11-14(2)28-13)12-17-6-5-7-18(8-17)24-20(26)9-19-15(3)22-16(4)23-21(19)27/h13-14,17-18H,5-12H2,1-4H3,(H,24,26)(H,22,23,27)/t13-,14+,17-,18-/m1/s1. The van der Waals surface area contributed by atoms with Crippen LogP contribution >= 0.6 is 0 Å². The van der Waals surface area contributed by atoms with E-state index >= 15 is 0 Å². The van der Waals surface area contributed by atoms with Crippen LogP contribution in [-0.4, -0.2) is 58.7 Å². The van der Waals surface area contributed by atoms with Crippen molar-refractivity contribution in [3.63, 3.8) is 0 Å². The predicted octanol–water partition coefficient (Wildman–Crippen LogP) is 1.71. The van der Waals surface area contributed by atoms with Gasteiger partial charge in [-0.25, -0.2) is 4.98 Å². The van der Waals surface area contributed by atoms with Gasteiger partial charge in [0.2, 0.25) is 5.91 Å². The smallest absolute Gasteiger partial charge is 0.254 e. The molecule has 1 saturated heterocycles. The van der Waals surface area contributed by atoms with E-state index in [2.05, 4.69) is 34.0 Å². The summed E-state index contributed by atoms with van der Waals surface area (Å²) in [5, 5.41) is 3.16. The first-order chi connectivity index (χ1) is 13.3. The number of morpholine rings is 1. The Balaban J connectivity index is 1.52. The van der Waals surface area contributed by atoms with Crippen LogP contribution in [0, 0.1) is 19.8 Å². The number of hydrogen-bond donors (Lipinski definition) is 2. The summed E-state index contributed by atoms with van der Waals surface area (Å²) in [4.78, 5) is 34.1.